The molecule has 0 unspecified atom stereocenters. The van der Waals surface area contributed by atoms with Crippen LogP contribution >= 0.6 is 19.3 Å². The van der Waals surface area contributed by atoms with Gasteiger partial charge in [0.15, 0.2) is 0 Å². The summed E-state index contributed by atoms with van der Waals surface area (Å²) in [6.07, 6.45) is 0.851. The molecule has 3 rings (SSSR count). The predicted molar refractivity (Wildman–Crippen MR) is 94.8 cm³/mol. The van der Waals surface area contributed by atoms with E-state index in [0.29, 0.717) is 24.7 Å². The summed E-state index contributed by atoms with van der Waals surface area (Å²) in [5.41, 5.74) is 2.82. The number of hydrogen-bond acceptors (Lipinski definition) is 2. The van der Waals surface area contributed by atoms with Crippen LogP contribution in [0.3, 0.4) is 0 Å². The molecule has 0 amide bonds. The molecule has 23 heavy (non-hydrogen) atoms. The van der Waals surface area contributed by atoms with Gasteiger partial charge in [0, 0.05) is 23.8 Å². The van der Waals surface area contributed by atoms with Gasteiger partial charge >= 0.3 is 7.67 Å². The summed E-state index contributed by atoms with van der Waals surface area (Å²) >= 11 is 6.24. The van der Waals surface area contributed by atoms with Crippen LogP contribution in [0.4, 0.5) is 5.69 Å². The molecule has 2 aromatic carbocycles. The molecule has 1 N–H and O–H groups in total. The molecule has 1 heterocycles. The first kappa shape index (κ1) is 16.5. The summed E-state index contributed by atoms with van der Waals surface area (Å²) < 4.78 is 20.9. The highest BCUT2D eigenvalue weighted by atomic mass is 35.5. The van der Waals surface area contributed by atoms with Crippen LogP contribution in [0.1, 0.15) is 17.5 Å². The lowest BCUT2D eigenvalue weighted by Gasteiger charge is -2.35. The average molecular weight is 351 g/mol. The van der Waals surface area contributed by atoms with Crippen molar-refractivity contribution in [3.05, 3.63) is 64.7 Å². The second kappa shape index (κ2) is 7.06. The first-order valence-electron chi connectivity index (χ1n) is 7.66. The molecule has 0 aromatic heterocycles. The minimum Gasteiger partial charge on any atom is -0.303 e. The maximum atomic E-state index is 13.4. The van der Waals surface area contributed by atoms with Gasteiger partial charge in [-0.25, -0.2) is 9.24 Å². The van der Waals surface area contributed by atoms with E-state index < -0.39 is 7.67 Å². The Balaban J connectivity index is 1.84. The Hall–Kier alpha value is -1.32. The molecule has 122 valence electrons. The van der Waals surface area contributed by atoms with Crippen LogP contribution in [0, 0.1) is 6.92 Å². The van der Waals surface area contributed by atoms with Gasteiger partial charge in [-0.05, 0) is 36.6 Å². The third-order valence-electron chi connectivity index (χ3n) is 3.92. The third-order valence-corrected chi connectivity index (χ3v) is 6.43. The molecule has 1 aliphatic heterocycles. The average Bonchev–Trinajstić information content (AvgIpc) is 2.54. The summed E-state index contributed by atoms with van der Waals surface area (Å²) in [5.74, 6) is 0. The van der Waals surface area contributed by atoms with Crippen molar-refractivity contribution >= 4 is 25.0 Å². The molecule has 1 fully saturated rings. The lowest BCUT2D eigenvalue weighted by Crippen LogP contribution is -2.31. The highest BCUT2D eigenvalue weighted by Crippen LogP contribution is 2.54. The van der Waals surface area contributed by atoms with Crippen LogP contribution in [0.15, 0.2) is 48.5 Å². The summed E-state index contributed by atoms with van der Waals surface area (Å²) in [7, 11) is -3.13. The van der Waals surface area contributed by atoms with E-state index in [1.165, 1.54) is 0 Å². The fourth-order valence-electron chi connectivity index (χ4n) is 2.60. The minimum atomic E-state index is -3.13. The van der Waals surface area contributed by atoms with Gasteiger partial charge in [0.1, 0.15) is 0 Å². The number of nitrogens with one attached hydrogen (secondary N) is 1. The van der Waals surface area contributed by atoms with E-state index in [4.69, 9.17) is 16.1 Å². The van der Waals surface area contributed by atoms with Crippen molar-refractivity contribution in [3.63, 3.8) is 0 Å². The van der Waals surface area contributed by atoms with Crippen LogP contribution in [0.5, 0.6) is 0 Å². The number of para-hydroxylation sites is 1. The molecule has 0 bridgehead atoms. The maximum Gasteiger partial charge on any atom is 0.368 e. The highest BCUT2D eigenvalue weighted by molar-refractivity contribution is 7.58. The molecule has 0 spiro atoms. The quantitative estimate of drug-likeness (QED) is 0.780. The first-order valence-corrected chi connectivity index (χ1v) is 9.61. The molecule has 1 saturated heterocycles. The number of benzene rings is 2. The number of hydrogen-bond donors (Lipinski definition) is 1. The van der Waals surface area contributed by atoms with Crippen molar-refractivity contribution in [2.75, 3.05) is 18.2 Å². The molecule has 4 nitrogen and oxygen atoms in total. The Morgan fingerprint density at radius 3 is 2.74 bits per heavy atom. The Bertz CT molecular complexity index is 738. The number of aryl methyl sites for hydroxylation is 1. The zero-order chi connectivity index (χ0) is 16.3. The van der Waals surface area contributed by atoms with Crippen molar-refractivity contribution in [3.8, 4) is 0 Å². The second-order valence-corrected chi connectivity index (χ2v) is 8.11. The molecule has 6 heteroatoms. The lowest BCUT2D eigenvalue weighted by molar-refractivity contribution is 0.206. The van der Waals surface area contributed by atoms with E-state index in [9.17, 15) is 4.57 Å². The van der Waals surface area contributed by atoms with Gasteiger partial charge in [0.25, 0.3) is 0 Å². The normalized spacial score (nSPS) is 22.0. The molecular weight excluding hydrogens is 331 g/mol. The van der Waals surface area contributed by atoms with Gasteiger partial charge in [-0.1, -0.05) is 48.0 Å². The minimum absolute atomic E-state index is 0.495. The number of anilines is 1. The fourth-order valence-corrected chi connectivity index (χ4v) is 4.84. The van der Waals surface area contributed by atoms with Gasteiger partial charge in [-0.2, -0.15) is 0 Å². The van der Waals surface area contributed by atoms with E-state index in [1.54, 1.807) is 0 Å². The second-order valence-electron chi connectivity index (χ2n) is 5.61. The number of nitrogens with zero attached hydrogens (tertiary/aromatic N) is 1. The van der Waals surface area contributed by atoms with E-state index in [2.05, 4.69) is 5.09 Å². The number of rotatable bonds is 4. The molecule has 1 atom stereocenters. The van der Waals surface area contributed by atoms with Gasteiger partial charge < -0.3 is 9.61 Å². The Morgan fingerprint density at radius 1 is 1.22 bits per heavy atom. The molecule has 1 aliphatic rings. The topological polar surface area (TPSA) is 41.6 Å². The Kier molecular flexibility index (Phi) is 5.08. The summed E-state index contributed by atoms with van der Waals surface area (Å²) in [4.78, 5) is 0. The maximum absolute atomic E-state index is 13.4. The Morgan fingerprint density at radius 2 is 1.96 bits per heavy atom. The zero-order valence-electron chi connectivity index (χ0n) is 13.0. The highest BCUT2D eigenvalue weighted by Gasteiger charge is 2.35. The van der Waals surface area contributed by atoms with E-state index in [1.807, 2.05) is 60.1 Å². The van der Waals surface area contributed by atoms with Crippen LogP contribution in [-0.4, -0.2) is 17.8 Å². The summed E-state index contributed by atoms with van der Waals surface area (Å²) in [6.45, 7) is 3.68. The fraction of sp³-hybridized carbons (Fsp3) is 0.294. The van der Waals surface area contributed by atoms with Crippen LogP contribution in [0.25, 0.3) is 0 Å². The number of halogens is 1. The van der Waals surface area contributed by atoms with Crippen molar-refractivity contribution < 1.29 is 9.09 Å². The molecule has 0 radical (unpaired) electrons. The van der Waals surface area contributed by atoms with Crippen LogP contribution in [-0.2, 0) is 15.6 Å². The van der Waals surface area contributed by atoms with Crippen LogP contribution in [0.2, 0.25) is 5.02 Å². The van der Waals surface area contributed by atoms with Crippen molar-refractivity contribution in [2.45, 2.75) is 19.9 Å². The SMILES string of the molecule is Cc1ccccc1N[P@@]1(=O)OCCCN1Cc1ccccc1Cl. The summed E-state index contributed by atoms with van der Waals surface area (Å²) in [6, 6.07) is 15.4. The lowest BCUT2D eigenvalue weighted by atomic mass is 10.2. The van der Waals surface area contributed by atoms with Crippen LogP contribution < -0.4 is 5.09 Å². The van der Waals surface area contributed by atoms with Gasteiger partial charge in [-0.15, -0.1) is 0 Å². The van der Waals surface area contributed by atoms with Crippen molar-refractivity contribution in [1.82, 2.24) is 4.67 Å². The standard InChI is InChI=1S/C17H20ClN2O2P/c1-14-7-2-5-10-17(14)19-23(21)20(11-6-12-22-23)13-15-8-3-4-9-16(15)18/h2-5,7-10H,6,11-13H2,1H3,(H,19,21)/t23-/m1/s1. The third kappa shape index (κ3) is 3.78. The van der Waals surface area contributed by atoms with Gasteiger partial charge in [-0.3, -0.25) is 0 Å². The smallest absolute Gasteiger partial charge is 0.303 e. The van der Waals surface area contributed by atoms with E-state index in [0.717, 1.165) is 23.2 Å². The monoisotopic (exact) mass is 350 g/mol. The van der Waals surface area contributed by atoms with Gasteiger partial charge in [0.2, 0.25) is 0 Å². The molecule has 0 saturated carbocycles. The largest absolute Gasteiger partial charge is 0.368 e. The first-order chi connectivity index (χ1) is 11.1. The molecular formula is C17H20ClN2O2P. The molecule has 2 aromatic rings. The summed E-state index contributed by atoms with van der Waals surface area (Å²) in [5, 5.41) is 3.81. The van der Waals surface area contributed by atoms with E-state index in [-0.39, 0.29) is 0 Å². The van der Waals surface area contributed by atoms with Crippen molar-refractivity contribution in [1.29, 1.82) is 0 Å². The predicted octanol–water partition coefficient (Wildman–Crippen LogP) is 5.09. The zero-order valence-corrected chi connectivity index (χ0v) is 14.7. The van der Waals surface area contributed by atoms with Gasteiger partial charge in [0.05, 0.1) is 6.61 Å². The Labute approximate surface area is 142 Å². The molecule has 0 aliphatic carbocycles. The van der Waals surface area contributed by atoms with E-state index >= 15 is 0 Å². The van der Waals surface area contributed by atoms with Crippen molar-refractivity contribution in [2.24, 2.45) is 0 Å².